The zero-order valence-corrected chi connectivity index (χ0v) is 12.8. The molecule has 0 aliphatic carbocycles. The van der Waals surface area contributed by atoms with E-state index >= 15 is 0 Å². The lowest BCUT2D eigenvalue weighted by Gasteiger charge is -2.33. The molecule has 9 heteroatoms. The Labute approximate surface area is 122 Å². The first-order chi connectivity index (χ1) is 9.84. The molecule has 2 fully saturated rings. The third kappa shape index (κ3) is 2.34. The molecule has 1 unspecified atom stereocenters. The second kappa shape index (κ2) is 4.79. The minimum atomic E-state index is -3.60. The molecule has 2 aliphatic heterocycles. The lowest BCUT2D eigenvalue weighted by atomic mass is 10.0. The number of hydrogen-bond donors (Lipinski definition) is 2. The topological polar surface area (TPSA) is 104 Å². The lowest BCUT2D eigenvalue weighted by molar-refractivity contribution is -0.141. The highest BCUT2D eigenvalue weighted by atomic mass is 32.2. The average molecular weight is 314 g/mol. The van der Waals surface area contributed by atoms with Crippen molar-refractivity contribution in [2.45, 2.75) is 30.8 Å². The molecule has 8 nitrogen and oxygen atoms in total. The van der Waals surface area contributed by atoms with Crippen LogP contribution in [0.2, 0.25) is 0 Å². The molecule has 2 aliphatic rings. The molecular weight excluding hydrogens is 296 g/mol. The van der Waals surface area contributed by atoms with E-state index in [1.165, 1.54) is 4.31 Å². The summed E-state index contributed by atoms with van der Waals surface area (Å²) in [7, 11) is -3.60. The Balaban J connectivity index is 1.84. The van der Waals surface area contributed by atoms with Crippen LogP contribution in [0.1, 0.15) is 17.8 Å². The highest BCUT2D eigenvalue weighted by Gasteiger charge is 2.46. The van der Waals surface area contributed by atoms with Gasteiger partial charge in [0.2, 0.25) is 15.9 Å². The van der Waals surface area contributed by atoms with Gasteiger partial charge in [-0.15, -0.1) is 0 Å². The van der Waals surface area contributed by atoms with E-state index in [1.807, 2.05) is 0 Å². The molecule has 2 N–H and O–H groups in total. The maximum atomic E-state index is 12.8. The fourth-order valence-corrected chi connectivity index (χ4v) is 4.75. The molecule has 0 saturated carbocycles. The number of aromatic amines is 1. The summed E-state index contributed by atoms with van der Waals surface area (Å²) in [5.41, 5.74) is 0.393. The Morgan fingerprint density at radius 1 is 1.38 bits per heavy atom. The first-order valence-corrected chi connectivity index (χ1v) is 8.20. The molecule has 1 aromatic heterocycles. The zero-order valence-electron chi connectivity index (χ0n) is 12.0. The fourth-order valence-electron chi connectivity index (χ4n) is 2.91. The van der Waals surface area contributed by atoms with Crippen LogP contribution in [0.4, 0.5) is 0 Å². The van der Waals surface area contributed by atoms with Gasteiger partial charge in [-0.2, -0.15) is 9.40 Å². The summed E-state index contributed by atoms with van der Waals surface area (Å²) in [5, 5.41) is 9.39. The minimum absolute atomic E-state index is 0.0162. The van der Waals surface area contributed by atoms with Crippen molar-refractivity contribution in [3.63, 3.8) is 0 Å². The molecule has 1 spiro atoms. The number of aromatic nitrogens is 2. The molecular formula is C12H18N4O4S. The van der Waals surface area contributed by atoms with Crippen LogP contribution in [0.15, 0.2) is 4.90 Å². The Morgan fingerprint density at radius 2 is 2.14 bits per heavy atom. The van der Waals surface area contributed by atoms with Crippen LogP contribution < -0.4 is 5.32 Å². The van der Waals surface area contributed by atoms with Gasteiger partial charge < -0.3 is 10.1 Å². The van der Waals surface area contributed by atoms with Gasteiger partial charge in [0, 0.05) is 19.6 Å². The summed E-state index contributed by atoms with van der Waals surface area (Å²) in [6, 6.07) is 0. The quantitative estimate of drug-likeness (QED) is 0.751. The minimum Gasteiger partial charge on any atom is -0.362 e. The lowest BCUT2D eigenvalue weighted by Crippen LogP contribution is -2.54. The van der Waals surface area contributed by atoms with Crippen molar-refractivity contribution in [3.8, 4) is 0 Å². The first kappa shape index (κ1) is 14.5. The van der Waals surface area contributed by atoms with Crippen LogP contribution in [0.5, 0.6) is 0 Å². The smallest absolute Gasteiger partial charge is 0.246 e. The van der Waals surface area contributed by atoms with Crippen molar-refractivity contribution in [3.05, 3.63) is 11.4 Å². The molecule has 3 heterocycles. The van der Waals surface area contributed by atoms with Crippen LogP contribution in [-0.4, -0.2) is 60.7 Å². The number of morpholine rings is 1. The van der Waals surface area contributed by atoms with Crippen LogP contribution in [0.3, 0.4) is 0 Å². The molecule has 3 rings (SSSR count). The van der Waals surface area contributed by atoms with E-state index in [0.717, 1.165) is 0 Å². The van der Waals surface area contributed by atoms with Gasteiger partial charge >= 0.3 is 0 Å². The fraction of sp³-hybridized carbons (Fsp3) is 0.667. The number of ether oxygens (including phenoxy) is 1. The molecule has 0 radical (unpaired) electrons. The second-order valence-corrected chi connectivity index (χ2v) is 7.47. The maximum absolute atomic E-state index is 12.8. The second-order valence-electron chi connectivity index (χ2n) is 5.60. The van der Waals surface area contributed by atoms with Crippen molar-refractivity contribution in [2.75, 3.05) is 26.2 Å². The Morgan fingerprint density at radius 3 is 2.71 bits per heavy atom. The van der Waals surface area contributed by atoms with Crippen molar-refractivity contribution in [1.82, 2.24) is 19.8 Å². The van der Waals surface area contributed by atoms with Crippen LogP contribution in [-0.2, 0) is 19.6 Å². The van der Waals surface area contributed by atoms with Crippen molar-refractivity contribution < 1.29 is 17.9 Å². The van der Waals surface area contributed by atoms with Crippen LogP contribution in [0, 0.1) is 13.8 Å². The molecule has 21 heavy (non-hydrogen) atoms. The Kier molecular flexibility index (Phi) is 3.30. The summed E-state index contributed by atoms with van der Waals surface area (Å²) in [6.45, 7) is 4.32. The predicted octanol–water partition coefficient (Wildman–Crippen LogP) is -0.694. The van der Waals surface area contributed by atoms with Gasteiger partial charge in [-0.3, -0.25) is 9.89 Å². The standard InChI is InChI=1S/C12H18N4O4S/c1-8-11(9(2)15-14-8)21(18,19)16-4-3-12(7-16)6-13-10(17)5-20-12/h3-7H2,1-2H3,(H,13,17)(H,14,15). The number of nitrogens with one attached hydrogen (secondary N) is 2. The summed E-state index contributed by atoms with van der Waals surface area (Å²) in [6.07, 6.45) is 0.572. The summed E-state index contributed by atoms with van der Waals surface area (Å²) in [5.74, 6) is -0.163. The summed E-state index contributed by atoms with van der Waals surface area (Å²) >= 11 is 0. The number of amides is 1. The normalized spacial score (nSPS) is 27.2. The number of rotatable bonds is 2. The number of carbonyl (C=O) groups is 1. The van der Waals surface area contributed by atoms with Crippen LogP contribution in [0.25, 0.3) is 0 Å². The largest absolute Gasteiger partial charge is 0.362 e. The molecule has 2 saturated heterocycles. The van der Waals surface area contributed by atoms with Gasteiger partial charge in [0.05, 0.1) is 11.4 Å². The molecule has 0 bridgehead atoms. The average Bonchev–Trinajstić information content (AvgIpc) is 2.99. The summed E-state index contributed by atoms with van der Waals surface area (Å²) < 4.78 is 32.5. The third-order valence-corrected chi connectivity index (χ3v) is 6.17. The number of aryl methyl sites for hydroxylation is 2. The molecule has 0 aromatic carbocycles. The van der Waals surface area contributed by atoms with Gasteiger partial charge in [-0.25, -0.2) is 8.42 Å². The van der Waals surface area contributed by atoms with E-state index in [-0.39, 0.29) is 24.0 Å². The number of H-pyrrole nitrogens is 1. The summed E-state index contributed by atoms with van der Waals surface area (Å²) in [4.78, 5) is 11.4. The number of carbonyl (C=O) groups excluding carboxylic acids is 1. The van der Waals surface area contributed by atoms with Crippen LogP contribution >= 0.6 is 0 Å². The maximum Gasteiger partial charge on any atom is 0.246 e. The van der Waals surface area contributed by atoms with Gasteiger partial charge in [-0.05, 0) is 20.3 Å². The first-order valence-electron chi connectivity index (χ1n) is 6.76. The van der Waals surface area contributed by atoms with Crippen molar-refractivity contribution in [2.24, 2.45) is 0 Å². The van der Waals surface area contributed by atoms with E-state index in [9.17, 15) is 13.2 Å². The van der Waals surface area contributed by atoms with E-state index < -0.39 is 15.6 Å². The van der Waals surface area contributed by atoms with Gasteiger partial charge in [0.15, 0.2) is 0 Å². The molecule has 1 aromatic rings. The van der Waals surface area contributed by atoms with Crippen molar-refractivity contribution >= 4 is 15.9 Å². The van der Waals surface area contributed by atoms with Crippen molar-refractivity contribution in [1.29, 1.82) is 0 Å². The molecule has 1 atom stereocenters. The van der Waals surface area contributed by atoms with E-state index in [0.29, 0.717) is 30.9 Å². The Hall–Kier alpha value is -1.45. The van der Waals surface area contributed by atoms with E-state index in [1.54, 1.807) is 13.8 Å². The van der Waals surface area contributed by atoms with E-state index in [4.69, 9.17) is 4.74 Å². The van der Waals surface area contributed by atoms with Gasteiger partial charge in [0.25, 0.3) is 0 Å². The molecule has 116 valence electrons. The van der Waals surface area contributed by atoms with Gasteiger partial charge in [-0.1, -0.05) is 0 Å². The van der Waals surface area contributed by atoms with E-state index in [2.05, 4.69) is 15.5 Å². The predicted molar refractivity (Wildman–Crippen MR) is 73.1 cm³/mol. The Bertz CT molecular complexity index is 652. The highest BCUT2D eigenvalue weighted by molar-refractivity contribution is 7.89. The van der Waals surface area contributed by atoms with Gasteiger partial charge in [0.1, 0.15) is 17.1 Å². The number of hydrogen-bond acceptors (Lipinski definition) is 5. The highest BCUT2D eigenvalue weighted by Crippen LogP contribution is 2.32. The molecule has 1 amide bonds. The monoisotopic (exact) mass is 314 g/mol. The third-order valence-electron chi connectivity index (χ3n) is 4.06. The number of nitrogens with zero attached hydrogens (tertiary/aromatic N) is 2. The SMILES string of the molecule is Cc1n[nH]c(C)c1S(=O)(=O)N1CCC2(CNC(=O)CO2)C1. The number of sulfonamides is 1. The zero-order chi connectivity index (χ0) is 15.3.